The molecular weight excluding hydrogens is 740 g/mol. The molecule has 5 aliphatic rings. The van der Waals surface area contributed by atoms with E-state index in [0.29, 0.717) is 24.0 Å². The highest BCUT2D eigenvalue weighted by molar-refractivity contribution is 7.91. The van der Waals surface area contributed by atoms with Gasteiger partial charge in [-0.15, -0.1) is 0 Å². The minimum absolute atomic E-state index is 0.0175. The number of benzene rings is 1. The molecule has 3 N–H and O–H groups in total. The first-order valence-corrected chi connectivity index (χ1v) is 19.9. The number of sulfonamides is 1. The lowest BCUT2D eigenvalue weighted by Gasteiger charge is -2.30. The Bertz CT molecular complexity index is 1910. The van der Waals surface area contributed by atoms with Gasteiger partial charge >= 0.3 is 12.2 Å². The highest BCUT2D eigenvalue weighted by Gasteiger charge is 2.62. The molecule has 1 aromatic carbocycles. The standard InChI is InChI=1S/C37H47FN6O10S/c1-5-30(45)42-15-7-10-23-18-37(23,33(48)41-55(51,52)25-13-14-25)40-31(46)29-17-24(53-35(50)43-19-22-9-6-11-27(38)26(22)21-43)20-44(29)32(47)28(12-8-16-42)39-34(49)54-36(2,3)4/h5-7,9-11,23-25,28-29H,1,8,12-21H2,2-4H3,(H,39,49)(H,40,46)(H,41,48)/t23-,24-,28+,29?,37-/m1/s1. The van der Waals surface area contributed by atoms with E-state index in [9.17, 15) is 41.6 Å². The number of carbonyl (C=O) groups excluding carboxylic acids is 6. The maximum Gasteiger partial charge on any atom is 0.410 e. The zero-order valence-electron chi connectivity index (χ0n) is 31.0. The number of carbonyl (C=O) groups is 6. The molecule has 0 aromatic heterocycles. The topological polar surface area (TPSA) is 201 Å². The van der Waals surface area contributed by atoms with Crippen molar-refractivity contribution in [3.8, 4) is 0 Å². The second kappa shape index (κ2) is 15.3. The van der Waals surface area contributed by atoms with Crippen LogP contribution >= 0.6 is 0 Å². The molecule has 2 aliphatic carbocycles. The highest BCUT2D eigenvalue weighted by atomic mass is 32.2. The SMILES string of the molecule is C=CC(=O)N1CC=C[C@@H]2C[C@@]2(C(=O)NS(=O)(=O)C2CC2)NC(=O)C2C[C@@H](OC(=O)N3Cc4cccc(F)c4C3)CN2C(=O)[C@@H](NC(=O)OC(C)(C)C)CCC1. The Hall–Kier alpha value is -5.00. The first kappa shape index (κ1) is 39.7. The van der Waals surface area contributed by atoms with Crippen molar-refractivity contribution in [3.05, 3.63) is 60.0 Å². The summed E-state index contributed by atoms with van der Waals surface area (Å²) in [5.74, 6) is -3.97. The first-order chi connectivity index (χ1) is 25.9. The Morgan fingerprint density at radius 3 is 2.51 bits per heavy atom. The van der Waals surface area contributed by atoms with Crippen LogP contribution in [-0.2, 0) is 51.8 Å². The predicted molar refractivity (Wildman–Crippen MR) is 193 cm³/mol. The highest BCUT2D eigenvalue weighted by Crippen LogP contribution is 2.46. The van der Waals surface area contributed by atoms with Crippen molar-refractivity contribution in [2.24, 2.45) is 5.92 Å². The van der Waals surface area contributed by atoms with Gasteiger partial charge in [-0.2, -0.15) is 0 Å². The Morgan fingerprint density at radius 1 is 1.09 bits per heavy atom. The zero-order valence-corrected chi connectivity index (χ0v) is 31.9. The van der Waals surface area contributed by atoms with Gasteiger partial charge < -0.3 is 29.9 Å². The summed E-state index contributed by atoms with van der Waals surface area (Å²) in [6.07, 6.45) is 2.57. The Kier molecular flexibility index (Phi) is 11.0. The molecule has 6 rings (SSSR count). The molecule has 0 spiro atoms. The smallest absolute Gasteiger partial charge is 0.410 e. The van der Waals surface area contributed by atoms with Crippen LogP contribution < -0.4 is 15.4 Å². The maximum absolute atomic E-state index is 14.5. The van der Waals surface area contributed by atoms with E-state index in [1.807, 2.05) is 0 Å². The van der Waals surface area contributed by atoms with Gasteiger partial charge in [0.1, 0.15) is 35.1 Å². The number of hydrogen-bond acceptors (Lipinski definition) is 10. The second-order valence-electron chi connectivity index (χ2n) is 15.7. The molecule has 1 saturated heterocycles. The third-order valence-electron chi connectivity index (χ3n) is 10.4. The number of alkyl carbamates (subject to hydrolysis) is 1. The van der Waals surface area contributed by atoms with Gasteiger partial charge in [-0.1, -0.05) is 30.9 Å². The number of rotatable bonds is 6. The molecular formula is C37H47FN6O10S. The molecule has 3 aliphatic heterocycles. The van der Waals surface area contributed by atoms with Gasteiger partial charge in [-0.3, -0.25) is 28.8 Å². The summed E-state index contributed by atoms with van der Waals surface area (Å²) in [5, 5.41) is 4.61. The monoisotopic (exact) mass is 786 g/mol. The maximum atomic E-state index is 14.5. The van der Waals surface area contributed by atoms with E-state index in [2.05, 4.69) is 21.9 Å². The van der Waals surface area contributed by atoms with Crippen molar-refractivity contribution < 1.29 is 51.0 Å². The van der Waals surface area contributed by atoms with Crippen LogP contribution in [0.25, 0.3) is 0 Å². The average Bonchev–Trinajstić information content (AvgIpc) is 3.99. The molecule has 1 unspecified atom stereocenters. The fraction of sp³-hybridized carbons (Fsp3) is 0.568. The molecule has 18 heteroatoms. The van der Waals surface area contributed by atoms with Crippen molar-refractivity contribution in [1.82, 2.24) is 30.1 Å². The Labute approximate surface area is 318 Å². The molecule has 16 nitrogen and oxygen atoms in total. The lowest BCUT2D eigenvalue weighted by atomic mass is 10.1. The molecule has 1 aromatic rings. The number of ether oxygens (including phenoxy) is 2. The molecule has 3 heterocycles. The molecule has 3 fully saturated rings. The second-order valence-corrected chi connectivity index (χ2v) is 17.6. The summed E-state index contributed by atoms with van der Waals surface area (Å²) in [4.78, 5) is 85.6. The van der Waals surface area contributed by atoms with Gasteiger partial charge in [-0.25, -0.2) is 22.4 Å². The van der Waals surface area contributed by atoms with Crippen LogP contribution in [0.4, 0.5) is 14.0 Å². The van der Waals surface area contributed by atoms with Gasteiger partial charge in [-0.05, 0) is 70.6 Å². The van der Waals surface area contributed by atoms with Gasteiger partial charge in [0.25, 0.3) is 5.91 Å². The van der Waals surface area contributed by atoms with Crippen LogP contribution in [0, 0.1) is 11.7 Å². The number of hydrogen-bond donors (Lipinski definition) is 3. The Balaban J connectivity index is 1.29. The summed E-state index contributed by atoms with van der Waals surface area (Å²) >= 11 is 0. The molecule has 6 amide bonds. The van der Waals surface area contributed by atoms with Crippen LogP contribution in [0.3, 0.4) is 0 Å². The largest absolute Gasteiger partial charge is 0.444 e. The number of halogens is 1. The van der Waals surface area contributed by atoms with Crippen LogP contribution in [0.1, 0.15) is 70.4 Å². The van der Waals surface area contributed by atoms with Crippen LogP contribution in [0.15, 0.2) is 43.0 Å². The van der Waals surface area contributed by atoms with Gasteiger partial charge in [0.2, 0.25) is 27.7 Å². The third-order valence-corrected chi connectivity index (χ3v) is 12.2. The molecule has 0 bridgehead atoms. The number of fused-ring (bicyclic) bond motifs is 3. The number of nitrogens with one attached hydrogen (secondary N) is 3. The molecule has 298 valence electrons. The quantitative estimate of drug-likeness (QED) is 0.283. The summed E-state index contributed by atoms with van der Waals surface area (Å²) in [5.41, 5.74) is -1.64. The average molecular weight is 787 g/mol. The van der Waals surface area contributed by atoms with Crippen molar-refractivity contribution in [2.45, 2.75) is 107 Å². The molecule has 0 radical (unpaired) electrons. The lowest BCUT2D eigenvalue weighted by molar-refractivity contribution is -0.141. The summed E-state index contributed by atoms with van der Waals surface area (Å²) in [6.45, 7) is 8.52. The number of amides is 6. The van der Waals surface area contributed by atoms with E-state index in [-0.39, 0.29) is 58.4 Å². The normalized spacial score (nSPS) is 27.0. The minimum Gasteiger partial charge on any atom is -0.444 e. The van der Waals surface area contributed by atoms with Crippen LogP contribution in [-0.4, -0.2) is 113 Å². The lowest BCUT2D eigenvalue weighted by Crippen LogP contribution is -2.58. The summed E-state index contributed by atoms with van der Waals surface area (Å²) in [7, 11) is -4.01. The third kappa shape index (κ3) is 8.95. The predicted octanol–water partition coefficient (Wildman–Crippen LogP) is 1.99. The fourth-order valence-corrected chi connectivity index (χ4v) is 8.60. The van der Waals surface area contributed by atoms with Crippen molar-refractivity contribution in [2.75, 3.05) is 19.6 Å². The van der Waals surface area contributed by atoms with Gasteiger partial charge in [0.15, 0.2) is 0 Å². The zero-order chi connectivity index (χ0) is 39.9. The van der Waals surface area contributed by atoms with E-state index >= 15 is 0 Å². The molecule has 55 heavy (non-hydrogen) atoms. The fourth-order valence-electron chi connectivity index (χ4n) is 7.24. The Morgan fingerprint density at radius 2 is 1.84 bits per heavy atom. The summed E-state index contributed by atoms with van der Waals surface area (Å²) < 4.78 is 53.5. The van der Waals surface area contributed by atoms with E-state index in [1.54, 1.807) is 45.1 Å². The van der Waals surface area contributed by atoms with Crippen LogP contribution in [0.2, 0.25) is 0 Å². The van der Waals surface area contributed by atoms with E-state index in [4.69, 9.17) is 9.47 Å². The van der Waals surface area contributed by atoms with Crippen molar-refractivity contribution in [1.29, 1.82) is 0 Å². The minimum atomic E-state index is -4.01. The van der Waals surface area contributed by atoms with Crippen molar-refractivity contribution in [3.63, 3.8) is 0 Å². The van der Waals surface area contributed by atoms with Crippen molar-refractivity contribution >= 4 is 45.8 Å². The van der Waals surface area contributed by atoms with E-state index < -0.39 is 92.2 Å². The molecule has 5 atom stereocenters. The van der Waals surface area contributed by atoms with Crippen LogP contribution in [0.5, 0.6) is 0 Å². The number of nitrogens with zero attached hydrogens (tertiary/aromatic N) is 3. The first-order valence-electron chi connectivity index (χ1n) is 18.4. The van der Waals surface area contributed by atoms with E-state index in [1.165, 1.54) is 20.8 Å². The van der Waals surface area contributed by atoms with Gasteiger partial charge in [0, 0.05) is 37.5 Å². The molecule has 2 saturated carbocycles. The summed E-state index contributed by atoms with van der Waals surface area (Å²) in [6, 6.07) is 1.96. The van der Waals surface area contributed by atoms with Gasteiger partial charge in [0.05, 0.1) is 18.3 Å². The van der Waals surface area contributed by atoms with E-state index in [0.717, 1.165) is 6.08 Å².